The molecule has 0 radical (unpaired) electrons. The van der Waals surface area contributed by atoms with Crippen molar-refractivity contribution >= 4 is 16.8 Å². The molecule has 146 valence electrons. The van der Waals surface area contributed by atoms with Crippen molar-refractivity contribution in [2.24, 2.45) is 0 Å². The highest BCUT2D eigenvalue weighted by molar-refractivity contribution is 6.07. The van der Waals surface area contributed by atoms with E-state index in [9.17, 15) is 18.0 Å². The number of hydrogen-bond donors (Lipinski definition) is 1. The molecule has 4 aromatic rings. The fraction of sp³-hybridized carbons (Fsp3) is 0.0909. The average molecular weight is 396 g/mol. The number of alkyl halides is 3. The Bertz CT molecular complexity index is 1170. The van der Waals surface area contributed by atoms with Gasteiger partial charge in [0.15, 0.2) is 5.76 Å². The maximum absolute atomic E-state index is 12.9. The van der Waals surface area contributed by atoms with Gasteiger partial charge in [0, 0.05) is 11.9 Å². The topological polar surface area (TPSA) is 55.1 Å². The first kappa shape index (κ1) is 18.7. The molecule has 4 rings (SSSR count). The van der Waals surface area contributed by atoms with Crippen LogP contribution >= 0.6 is 0 Å². The number of furan rings is 1. The maximum Gasteiger partial charge on any atom is 0.416 e. The van der Waals surface area contributed by atoms with Gasteiger partial charge in [-0.05, 0) is 42.0 Å². The van der Waals surface area contributed by atoms with E-state index >= 15 is 0 Å². The van der Waals surface area contributed by atoms with E-state index in [0.717, 1.165) is 12.1 Å². The number of aromatic nitrogens is 1. The molecule has 29 heavy (non-hydrogen) atoms. The van der Waals surface area contributed by atoms with E-state index in [4.69, 9.17) is 4.42 Å². The normalized spacial score (nSPS) is 11.6. The van der Waals surface area contributed by atoms with Gasteiger partial charge < -0.3 is 9.73 Å². The lowest BCUT2D eigenvalue weighted by Gasteiger charge is -2.11. The van der Waals surface area contributed by atoms with Crippen molar-refractivity contribution in [3.63, 3.8) is 0 Å². The molecule has 0 bridgehead atoms. The Labute approximate surface area is 164 Å². The fourth-order valence-corrected chi connectivity index (χ4v) is 3.05. The fourth-order valence-electron chi connectivity index (χ4n) is 3.05. The van der Waals surface area contributed by atoms with E-state index in [2.05, 4.69) is 10.3 Å². The number of fused-ring (bicyclic) bond motifs is 1. The monoisotopic (exact) mass is 396 g/mol. The van der Waals surface area contributed by atoms with E-state index in [1.807, 2.05) is 6.07 Å². The number of carbonyl (C=O) groups is 1. The van der Waals surface area contributed by atoms with E-state index < -0.39 is 17.6 Å². The minimum absolute atomic E-state index is 0.0323. The van der Waals surface area contributed by atoms with Crippen LogP contribution in [0, 0.1) is 0 Å². The van der Waals surface area contributed by atoms with Crippen molar-refractivity contribution in [3.05, 3.63) is 89.7 Å². The van der Waals surface area contributed by atoms with Gasteiger partial charge in [-0.1, -0.05) is 30.3 Å². The summed E-state index contributed by atoms with van der Waals surface area (Å²) in [6.45, 7) is -0.0323. The van der Waals surface area contributed by atoms with E-state index in [1.165, 1.54) is 18.4 Å². The van der Waals surface area contributed by atoms with Crippen LogP contribution in [-0.2, 0) is 12.7 Å². The summed E-state index contributed by atoms with van der Waals surface area (Å²) in [6, 6.07) is 17.1. The Balaban J connectivity index is 1.63. The molecule has 1 N–H and O–H groups in total. The zero-order valence-corrected chi connectivity index (χ0v) is 15.0. The highest BCUT2D eigenvalue weighted by atomic mass is 19.4. The SMILES string of the molecule is O=C(NCc1cccc(C(F)(F)F)c1)c1cc(-c2ccco2)nc2ccccc12. The van der Waals surface area contributed by atoms with Gasteiger partial charge in [0.2, 0.25) is 0 Å². The predicted octanol–water partition coefficient (Wildman–Crippen LogP) is 5.44. The molecule has 0 aliphatic carbocycles. The lowest BCUT2D eigenvalue weighted by atomic mass is 10.1. The Morgan fingerprint density at radius 3 is 2.59 bits per heavy atom. The number of halogens is 3. The van der Waals surface area contributed by atoms with Crippen molar-refractivity contribution < 1.29 is 22.4 Å². The van der Waals surface area contributed by atoms with Gasteiger partial charge in [-0.3, -0.25) is 4.79 Å². The molecule has 2 aromatic carbocycles. The number of para-hydroxylation sites is 1. The van der Waals surface area contributed by atoms with E-state index in [1.54, 1.807) is 36.4 Å². The van der Waals surface area contributed by atoms with Gasteiger partial charge >= 0.3 is 6.18 Å². The number of hydrogen-bond acceptors (Lipinski definition) is 3. The first-order valence-corrected chi connectivity index (χ1v) is 8.80. The zero-order chi connectivity index (χ0) is 20.4. The molecule has 0 spiro atoms. The van der Waals surface area contributed by atoms with Crippen LogP contribution < -0.4 is 5.32 Å². The van der Waals surface area contributed by atoms with Crippen molar-refractivity contribution in [1.82, 2.24) is 10.3 Å². The lowest BCUT2D eigenvalue weighted by Crippen LogP contribution is -2.23. The summed E-state index contributed by atoms with van der Waals surface area (Å²) in [4.78, 5) is 17.4. The Kier molecular flexibility index (Phi) is 4.80. The molecule has 0 unspecified atom stereocenters. The lowest BCUT2D eigenvalue weighted by molar-refractivity contribution is -0.137. The molecule has 0 aliphatic rings. The number of rotatable bonds is 4. The van der Waals surface area contributed by atoms with E-state index in [-0.39, 0.29) is 6.54 Å². The third-order valence-electron chi connectivity index (χ3n) is 4.44. The van der Waals surface area contributed by atoms with E-state index in [0.29, 0.717) is 33.5 Å². The Morgan fingerprint density at radius 1 is 1.00 bits per heavy atom. The van der Waals surface area contributed by atoms with Crippen LogP contribution in [-0.4, -0.2) is 10.9 Å². The number of nitrogens with zero attached hydrogens (tertiary/aromatic N) is 1. The van der Waals surface area contributed by atoms with Crippen LogP contribution in [0.3, 0.4) is 0 Å². The maximum atomic E-state index is 12.9. The van der Waals surface area contributed by atoms with Gasteiger partial charge in [0.25, 0.3) is 5.91 Å². The van der Waals surface area contributed by atoms with Crippen LogP contribution in [0.5, 0.6) is 0 Å². The summed E-state index contributed by atoms with van der Waals surface area (Å²) in [5.41, 5.74) is 1.09. The van der Waals surface area contributed by atoms with Gasteiger partial charge in [0.1, 0.15) is 5.69 Å². The zero-order valence-electron chi connectivity index (χ0n) is 15.0. The third kappa shape index (κ3) is 3.99. The Hall–Kier alpha value is -3.61. The third-order valence-corrected chi connectivity index (χ3v) is 4.44. The van der Waals surface area contributed by atoms with Crippen LogP contribution in [0.1, 0.15) is 21.5 Å². The largest absolute Gasteiger partial charge is 0.463 e. The number of nitrogens with one attached hydrogen (secondary N) is 1. The molecule has 1 amide bonds. The number of benzene rings is 2. The molecule has 2 heterocycles. The molecular weight excluding hydrogens is 381 g/mol. The summed E-state index contributed by atoms with van der Waals surface area (Å²) < 4.78 is 44.0. The smallest absolute Gasteiger partial charge is 0.416 e. The summed E-state index contributed by atoms with van der Waals surface area (Å²) in [6.07, 6.45) is -2.92. The second kappa shape index (κ2) is 7.43. The number of pyridine rings is 1. The molecule has 0 fully saturated rings. The quantitative estimate of drug-likeness (QED) is 0.500. The molecule has 2 aromatic heterocycles. The summed E-state index contributed by atoms with van der Waals surface area (Å²) in [7, 11) is 0. The standard InChI is InChI=1S/C22H15F3N2O2/c23-22(24,25)15-6-3-5-14(11-15)13-26-21(28)17-12-19(20-9-4-10-29-20)27-18-8-2-1-7-16(17)18/h1-12H,13H2,(H,26,28). The van der Waals surface area contributed by atoms with Gasteiger partial charge in [0.05, 0.1) is 22.9 Å². The second-order valence-electron chi connectivity index (χ2n) is 6.43. The number of carbonyl (C=O) groups excluding carboxylic acids is 1. The van der Waals surface area contributed by atoms with Crippen LogP contribution in [0.2, 0.25) is 0 Å². The van der Waals surface area contributed by atoms with Crippen molar-refractivity contribution in [2.45, 2.75) is 12.7 Å². The van der Waals surface area contributed by atoms with Crippen LogP contribution in [0.4, 0.5) is 13.2 Å². The molecule has 0 saturated heterocycles. The molecule has 0 atom stereocenters. The van der Waals surface area contributed by atoms with Crippen molar-refractivity contribution in [1.29, 1.82) is 0 Å². The van der Waals surface area contributed by atoms with Crippen molar-refractivity contribution in [3.8, 4) is 11.5 Å². The molecule has 4 nitrogen and oxygen atoms in total. The highest BCUT2D eigenvalue weighted by Gasteiger charge is 2.30. The molecule has 7 heteroatoms. The number of amides is 1. The van der Waals surface area contributed by atoms with Crippen LogP contribution in [0.25, 0.3) is 22.4 Å². The average Bonchev–Trinajstić information content (AvgIpc) is 3.26. The highest BCUT2D eigenvalue weighted by Crippen LogP contribution is 2.29. The van der Waals surface area contributed by atoms with Gasteiger partial charge in [-0.25, -0.2) is 4.98 Å². The van der Waals surface area contributed by atoms with Gasteiger partial charge in [-0.15, -0.1) is 0 Å². The minimum Gasteiger partial charge on any atom is -0.463 e. The Morgan fingerprint density at radius 2 is 1.83 bits per heavy atom. The minimum atomic E-state index is -4.43. The van der Waals surface area contributed by atoms with Gasteiger partial charge in [-0.2, -0.15) is 13.2 Å². The molecule has 0 saturated carbocycles. The second-order valence-corrected chi connectivity index (χ2v) is 6.43. The van der Waals surface area contributed by atoms with Crippen molar-refractivity contribution in [2.75, 3.05) is 0 Å². The van der Waals surface area contributed by atoms with Crippen LogP contribution in [0.15, 0.2) is 77.4 Å². The summed E-state index contributed by atoms with van der Waals surface area (Å²) in [5, 5.41) is 3.34. The molecule has 0 aliphatic heterocycles. The molecular formula is C22H15F3N2O2. The summed E-state index contributed by atoms with van der Waals surface area (Å²) in [5.74, 6) is 0.108. The first-order valence-electron chi connectivity index (χ1n) is 8.80. The predicted molar refractivity (Wildman–Crippen MR) is 102 cm³/mol. The summed E-state index contributed by atoms with van der Waals surface area (Å²) >= 11 is 0. The first-order chi connectivity index (χ1) is 13.9.